The van der Waals surface area contributed by atoms with Crippen molar-refractivity contribution in [3.63, 3.8) is 0 Å². The highest BCUT2D eigenvalue weighted by molar-refractivity contribution is 6.14. The lowest BCUT2D eigenvalue weighted by Crippen LogP contribution is -2.10. The summed E-state index contributed by atoms with van der Waals surface area (Å²) in [6.45, 7) is 6.77. The first kappa shape index (κ1) is 15.0. The Bertz CT molecular complexity index is 1020. The molecule has 0 atom stereocenters. The van der Waals surface area contributed by atoms with Gasteiger partial charge in [0.1, 0.15) is 0 Å². The van der Waals surface area contributed by atoms with E-state index < -0.39 is 0 Å². The van der Waals surface area contributed by atoms with Crippen LogP contribution < -0.4 is 0 Å². The number of hydrogen-bond donors (Lipinski definition) is 0. The second kappa shape index (κ2) is 5.49. The third-order valence-corrected chi connectivity index (χ3v) is 4.83. The van der Waals surface area contributed by atoms with Crippen LogP contribution in [0.5, 0.6) is 0 Å². The lowest BCUT2D eigenvalue weighted by Gasteiger charge is -2.19. The van der Waals surface area contributed by atoms with Crippen molar-refractivity contribution in [2.24, 2.45) is 0 Å². The van der Waals surface area contributed by atoms with Gasteiger partial charge in [0.2, 0.25) is 0 Å². The minimum Gasteiger partial charge on any atom is -0.0616 e. The first-order chi connectivity index (χ1) is 11.5. The molecular formula is C24H22. The number of rotatable bonds is 1. The van der Waals surface area contributed by atoms with E-state index >= 15 is 0 Å². The first-order valence-corrected chi connectivity index (χ1v) is 8.55. The van der Waals surface area contributed by atoms with Crippen molar-refractivity contribution < 1.29 is 0 Å². The Labute approximate surface area is 143 Å². The fourth-order valence-corrected chi connectivity index (χ4v) is 3.45. The topological polar surface area (TPSA) is 0 Å². The first-order valence-electron chi connectivity index (χ1n) is 8.55. The Morgan fingerprint density at radius 2 is 1.25 bits per heavy atom. The molecule has 0 unspecified atom stereocenters. The van der Waals surface area contributed by atoms with Gasteiger partial charge in [0.15, 0.2) is 0 Å². The molecule has 0 fully saturated rings. The Morgan fingerprint density at radius 1 is 0.583 bits per heavy atom. The minimum absolute atomic E-state index is 0.185. The zero-order valence-electron chi connectivity index (χ0n) is 14.5. The third kappa shape index (κ3) is 2.49. The van der Waals surface area contributed by atoms with Gasteiger partial charge >= 0.3 is 0 Å². The van der Waals surface area contributed by atoms with Crippen LogP contribution in [0.1, 0.15) is 26.3 Å². The highest BCUT2D eigenvalue weighted by atomic mass is 14.2. The van der Waals surface area contributed by atoms with Gasteiger partial charge in [-0.3, -0.25) is 0 Å². The molecule has 0 nitrogen and oxygen atoms in total. The van der Waals surface area contributed by atoms with E-state index in [-0.39, 0.29) is 5.41 Å². The van der Waals surface area contributed by atoms with E-state index in [4.69, 9.17) is 0 Å². The average Bonchev–Trinajstić information content (AvgIpc) is 2.60. The number of hydrogen-bond acceptors (Lipinski definition) is 0. The molecular weight excluding hydrogens is 288 g/mol. The van der Waals surface area contributed by atoms with Crippen molar-refractivity contribution >= 4 is 21.5 Å². The van der Waals surface area contributed by atoms with E-state index in [0.717, 1.165) is 0 Å². The third-order valence-electron chi connectivity index (χ3n) is 4.83. The van der Waals surface area contributed by atoms with Crippen LogP contribution in [0.2, 0.25) is 0 Å². The number of benzene rings is 4. The van der Waals surface area contributed by atoms with E-state index in [2.05, 4.69) is 99.6 Å². The van der Waals surface area contributed by atoms with Crippen molar-refractivity contribution in [3.8, 4) is 11.1 Å². The maximum absolute atomic E-state index is 2.26. The van der Waals surface area contributed by atoms with Crippen LogP contribution in [0.25, 0.3) is 32.7 Å². The fourth-order valence-electron chi connectivity index (χ4n) is 3.45. The van der Waals surface area contributed by atoms with Gasteiger partial charge in [-0.1, -0.05) is 99.6 Å². The van der Waals surface area contributed by atoms with Gasteiger partial charge < -0.3 is 0 Å². The summed E-state index contributed by atoms with van der Waals surface area (Å²) in [6, 6.07) is 28.7. The zero-order valence-corrected chi connectivity index (χ0v) is 14.5. The van der Waals surface area contributed by atoms with Gasteiger partial charge in [-0.05, 0) is 43.7 Å². The molecule has 0 aliphatic rings. The molecule has 24 heavy (non-hydrogen) atoms. The SMILES string of the molecule is CC(C)(C)c1ccc(-c2cccc3ccc4ccccc4c23)cc1. The highest BCUT2D eigenvalue weighted by Crippen LogP contribution is 2.35. The molecule has 0 aliphatic carbocycles. The van der Waals surface area contributed by atoms with E-state index in [0.29, 0.717) is 0 Å². The smallest absolute Gasteiger partial charge is 0.00268 e. The summed E-state index contributed by atoms with van der Waals surface area (Å²) in [6.07, 6.45) is 0. The predicted octanol–water partition coefficient (Wildman–Crippen LogP) is 6.96. The quantitative estimate of drug-likeness (QED) is 0.333. The largest absolute Gasteiger partial charge is 0.0616 e. The van der Waals surface area contributed by atoms with Crippen LogP contribution in [0.4, 0.5) is 0 Å². The van der Waals surface area contributed by atoms with Gasteiger partial charge in [0, 0.05) is 0 Å². The highest BCUT2D eigenvalue weighted by Gasteiger charge is 2.14. The summed E-state index contributed by atoms with van der Waals surface area (Å²) in [7, 11) is 0. The maximum Gasteiger partial charge on any atom is -0.00268 e. The van der Waals surface area contributed by atoms with Crippen molar-refractivity contribution in [2.45, 2.75) is 26.2 Å². The van der Waals surface area contributed by atoms with E-state index in [9.17, 15) is 0 Å². The van der Waals surface area contributed by atoms with Gasteiger partial charge in [-0.15, -0.1) is 0 Å². The standard InChI is InChI=1S/C24H22/c1-24(2,3)20-15-13-18(14-16-20)22-10-6-8-19-12-11-17-7-4-5-9-21(17)23(19)22/h4-16H,1-3H3. The molecule has 118 valence electrons. The second-order valence-corrected chi connectivity index (χ2v) is 7.52. The normalized spacial score (nSPS) is 12.0. The van der Waals surface area contributed by atoms with E-state index in [1.807, 2.05) is 0 Å². The Kier molecular flexibility index (Phi) is 3.42. The maximum atomic E-state index is 2.26. The Balaban J connectivity index is 1.98. The molecule has 0 heterocycles. The van der Waals surface area contributed by atoms with Crippen LogP contribution in [0, 0.1) is 0 Å². The molecule has 0 bridgehead atoms. The molecule has 4 aromatic rings. The molecule has 0 radical (unpaired) electrons. The summed E-state index contributed by atoms with van der Waals surface area (Å²) >= 11 is 0. The van der Waals surface area contributed by atoms with Gasteiger partial charge in [0.25, 0.3) is 0 Å². The summed E-state index contributed by atoms with van der Waals surface area (Å²) < 4.78 is 0. The second-order valence-electron chi connectivity index (χ2n) is 7.52. The van der Waals surface area contributed by atoms with Gasteiger partial charge in [-0.2, -0.15) is 0 Å². The minimum atomic E-state index is 0.185. The summed E-state index contributed by atoms with van der Waals surface area (Å²) in [5, 5.41) is 5.26. The predicted molar refractivity (Wildman–Crippen MR) is 106 cm³/mol. The van der Waals surface area contributed by atoms with Crippen LogP contribution >= 0.6 is 0 Å². The van der Waals surface area contributed by atoms with Crippen molar-refractivity contribution in [3.05, 3.63) is 84.4 Å². The van der Waals surface area contributed by atoms with Crippen molar-refractivity contribution in [1.82, 2.24) is 0 Å². The lowest BCUT2D eigenvalue weighted by molar-refractivity contribution is 0.590. The molecule has 0 heteroatoms. The van der Waals surface area contributed by atoms with Gasteiger partial charge in [-0.25, -0.2) is 0 Å². The summed E-state index contributed by atoms with van der Waals surface area (Å²) in [5.74, 6) is 0. The Morgan fingerprint density at radius 3 is 2.00 bits per heavy atom. The fraction of sp³-hybridized carbons (Fsp3) is 0.167. The van der Waals surface area contributed by atoms with Crippen molar-refractivity contribution in [1.29, 1.82) is 0 Å². The van der Waals surface area contributed by atoms with Crippen LogP contribution in [-0.2, 0) is 5.41 Å². The van der Waals surface area contributed by atoms with E-state index in [1.54, 1.807) is 0 Å². The van der Waals surface area contributed by atoms with Crippen LogP contribution in [-0.4, -0.2) is 0 Å². The Hall–Kier alpha value is -2.60. The van der Waals surface area contributed by atoms with E-state index in [1.165, 1.54) is 38.2 Å². The molecule has 0 spiro atoms. The monoisotopic (exact) mass is 310 g/mol. The molecule has 0 saturated heterocycles. The molecule has 4 aromatic carbocycles. The zero-order chi connectivity index (χ0) is 16.7. The molecule has 0 aliphatic heterocycles. The summed E-state index contributed by atoms with van der Waals surface area (Å²) in [5.41, 5.74) is 4.15. The lowest BCUT2D eigenvalue weighted by atomic mass is 9.85. The number of fused-ring (bicyclic) bond motifs is 3. The van der Waals surface area contributed by atoms with Gasteiger partial charge in [0.05, 0.1) is 0 Å². The molecule has 0 N–H and O–H groups in total. The average molecular weight is 310 g/mol. The molecule has 4 rings (SSSR count). The molecule has 0 aromatic heterocycles. The molecule has 0 amide bonds. The van der Waals surface area contributed by atoms with Crippen LogP contribution in [0.15, 0.2) is 78.9 Å². The van der Waals surface area contributed by atoms with Crippen LogP contribution in [0.3, 0.4) is 0 Å². The molecule has 0 saturated carbocycles. The van der Waals surface area contributed by atoms with Crippen molar-refractivity contribution in [2.75, 3.05) is 0 Å². The summed E-state index contributed by atoms with van der Waals surface area (Å²) in [4.78, 5) is 0.